The number of benzene rings is 6. The number of nitrogens with zero attached hydrogens (tertiary/aromatic N) is 2. The number of aryl methyl sites for hydroxylation is 1. The molecule has 4 heterocycles. The van der Waals surface area contributed by atoms with Crippen LogP contribution in [-0.2, 0) is 27.1 Å². The van der Waals surface area contributed by atoms with Crippen LogP contribution in [0, 0.1) is 6.92 Å². The van der Waals surface area contributed by atoms with Crippen molar-refractivity contribution in [2.45, 2.75) is 129 Å². The van der Waals surface area contributed by atoms with E-state index in [1.54, 1.807) is 0 Å². The van der Waals surface area contributed by atoms with Gasteiger partial charge in [-0.3, -0.25) is 0 Å². The molecule has 0 fully saturated rings. The van der Waals surface area contributed by atoms with Crippen LogP contribution < -0.4 is 26.4 Å². The van der Waals surface area contributed by atoms with Gasteiger partial charge in [0.05, 0.1) is 22.7 Å². The molecule has 2 aliphatic carbocycles. The monoisotopic (exact) mass is 836 g/mol. The number of furan rings is 1. The van der Waals surface area contributed by atoms with Crippen molar-refractivity contribution in [3.8, 4) is 11.1 Å². The van der Waals surface area contributed by atoms with Gasteiger partial charge in [-0.2, -0.15) is 0 Å². The van der Waals surface area contributed by atoms with Crippen LogP contribution in [0.2, 0.25) is 0 Å². The molecule has 4 heteroatoms. The number of hydrogen-bond donors (Lipinski definition) is 0. The lowest BCUT2D eigenvalue weighted by molar-refractivity contribution is 0.327. The predicted molar refractivity (Wildman–Crippen MR) is 273 cm³/mol. The zero-order valence-electron chi connectivity index (χ0n) is 39.8. The minimum Gasteiger partial charge on any atom is -0.468 e. The molecular weight excluding hydrogens is 775 g/mol. The molecule has 0 radical (unpaired) electrons. The Hall–Kier alpha value is -5.74. The van der Waals surface area contributed by atoms with Crippen molar-refractivity contribution in [2.24, 2.45) is 0 Å². The standard InChI is InChI=1S/C60H61BN2O/c1-13-36-30-48-52-49(31-36)63-47-34-43-42(58(8,9)25-26-59(43,10)11)33-44(47)60(12)28-27-57(6,7)41-21-22-45(54(63)51(41)60)61(52)55-53(40-29-35(2)19-24-50(40)64-55)62(48)46-23-20-38(56(3,4)5)32-39(46)37-17-15-14-16-18-37/h13-24,29-34H,1,25-28H2,2-12H3. The highest BCUT2D eigenvalue weighted by Gasteiger charge is 2.55. The van der Waals surface area contributed by atoms with Gasteiger partial charge in [-0.25, -0.2) is 0 Å². The van der Waals surface area contributed by atoms with E-state index >= 15 is 0 Å². The Labute approximate surface area is 381 Å². The molecule has 3 aliphatic heterocycles. The minimum absolute atomic E-state index is 0.0296. The van der Waals surface area contributed by atoms with Gasteiger partial charge in [-0.05, 0) is 152 Å². The second-order valence-corrected chi connectivity index (χ2v) is 23.3. The van der Waals surface area contributed by atoms with E-state index in [1.807, 2.05) is 0 Å². The lowest BCUT2D eigenvalue weighted by Crippen LogP contribution is -2.62. The number of anilines is 6. The van der Waals surface area contributed by atoms with Gasteiger partial charge in [0, 0.05) is 33.4 Å². The van der Waals surface area contributed by atoms with Crippen LogP contribution in [-0.4, -0.2) is 6.71 Å². The van der Waals surface area contributed by atoms with Crippen molar-refractivity contribution in [2.75, 3.05) is 9.80 Å². The quantitative estimate of drug-likeness (QED) is 0.165. The molecule has 3 nitrogen and oxygen atoms in total. The largest absolute Gasteiger partial charge is 0.468 e. The van der Waals surface area contributed by atoms with Gasteiger partial charge in [-0.15, -0.1) is 0 Å². The molecule has 320 valence electrons. The number of hydrogen-bond acceptors (Lipinski definition) is 3. The van der Waals surface area contributed by atoms with E-state index in [2.05, 4.69) is 202 Å². The summed E-state index contributed by atoms with van der Waals surface area (Å²) in [4.78, 5) is 5.29. The summed E-state index contributed by atoms with van der Waals surface area (Å²) in [5.74, 6) is 0. The molecule has 0 bridgehead atoms. The summed E-state index contributed by atoms with van der Waals surface area (Å²) < 4.78 is 7.39. The van der Waals surface area contributed by atoms with Crippen LogP contribution in [0.25, 0.3) is 28.2 Å². The summed E-state index contributed by atoms with van der Waals surface area (Å²) in [5, 5.41) is 1.15. The van der Waals surface area contributed by atoms with Crippen LogP contribution in [0.4, 0.5) is 34.1 Å². The second kappa shape index (κ2) is 12.7. The van der Waals surface area contributed by atoms with Gasteiger partial charge in [0.25, 0.3) is 6.71 Å². The van der Waals surface area contributed by atoms with E-state index < -0.39 is 0 Å². The molecule has 6 aromatic carbocycles. The second-order valence-electron chi connectivity index (χ2n) is 23.3. The summed E-state index contributed by atoms with van der Waals surface area (Å²) >= 11 is 0. The first-order chi connectivity index (χ1) is 30.3. The highest BCUT2D eigenvalue weighted by atomic mass is 16.3. The summed E-state index contributed by atoms with van der Waals surface area (Å²) in [6.45, 7) is 30.9. The highest BCUT2D eigenvalue weighted by Crippen LogP contribution is 2.63. The van der Waals surface area contributed by atoms with Crippen LogP contribution in [0.3, 0.4) is 0 Å². The summed E-state index contributed by atoms with van der Waals surface area (Å²) in [6, 6.07) is 40.1. The molecule has 0 amide bonds. The fraction of sp³-hybridized carbons (Fsp3) is 0.333. The molecule has 7 aromatic rings. The first-order valence-electron chi connectivity index (χ1n) is 23.8. The van der Waals surface area contributed by atoms with Crippen LogP contribution in [0.5, 0.6) is 0 Å². The molecule has 5 aliphatic rings. The molecule has 1 atom stereocenters. The van der Waals surface area contributed by atoms with Gasteiger partial charge in [0.15, 0.2) is 0 Å². The van der Waals surface area contributed by atoms with Gasteiger partial charge in [-0.1, -0.05) is 148 Å². The molecule has 1 aromatic heterocycles. The van der Waals surface area contributed by atoms with E-state index in [9.17, 15) is 0 Å². The Kier molecular flexibility index (Phi) is 7.93. The van der Waals surface area contributed by atoms with E-state index in [0.29, 0.717) is 0 Å². The summed E-state index contributed by atoms with van der Waals surface area (Å²) in [6.07, 6.45) is 6.68. The smallest absolute Gasteiger partial charge is 0.297 e. The zero-order valence-corrected chi connectivity index (χ0v) is 39.8. The fourth-order valence-electron chi connectivity index (χ4n) is 12.8. The third-order valence-electron chi connectivity index (χ3n) is 16.8. The molecule has 0 saturated carbocycles. The first-order valence-corrected chi connectivity index (χ1v) is 23.8. The zero-order chi connectivity index (χ0) is 44.6. The Morgan fingerprint density at radius 1 is 0.625 bits per heavy atom. The highest BCUT2D eigenvalue weighted by molar-refractivity contribution is 7.00. The lowest BCUT2D eigenvalue weighted by Gasteiger charge is -2.55. The maximum absolute atomic E-state index is 7.39. The predicted octanol–water partition coefficient (Wildman–Crippen LogP) is 14.5. The van der Waals surface area contributed by atoms with Crippen molar-refractivity contribution in [3.05, 3.63) is 154 Å². The van der Waals surface area contributed by atoms with Crippen molar-refractivity contribution >= 4 is 74.5 Å². The molecule has 0 saturated heterocycles. The summed E-state index contributed by atoms with van der Waals surface area (Å²) in [7, 11) is 0. The SMILES string of the molecule is C=Cc1cc2c3c(c1)N(c1ccc(C(C)(C)C)cc1-c1ccccc1)c1c(oc4ccc(C)cc14)B3c1ccc3c4c1N2c1cc2c(cc1C4(C)CCC3(C)C)C(C)(C)CCC2(C)C. The van der Waals surface area contributed by atoms with Crippen LogP contribution in [0.15, 0.2) is 114 Å². The first kappa shape index (κ1) is 39.8. The van der Waals surface area contributed by atoms with Crippen LogP contribution in [0.1, 0.15) is 139 Å². The van der Waals surface area contributed by atoms with Gasteiger partial charge in [0.2, 0.25) is 0 Å². The Morgan fingerprint density at radius 2 is 1.28 bits per heavy atom. The van der Waals surface area contributed by atoms with E-state index in [4.69, 9.17) is 4.42 Å². The molecule has 1 unspecified atom stereocenters. The maximum atomic E-state index is 7.39. The van der Waals surface area contributed by atoms with E-state index in [-0.39, 0.29) is 33.8 Å². The van der Waals surface area contributed by atoms with Crippen molar-refractivity contribution in [1.82, 2.24) is 0 Å². The van der Waals surface area contributed by atoms with E-state index in [0.717, 1.165) is 46.4 Å². The third-order valence-corrected chi connectivity index (χ3v) is 16.8. The van der Waals surface area contributed by atoms with Crippen molar-refractivity contribution < 1.29 is 4.42 Å². The van der Waals surface area contributed by atoms with Gasteiger partial charge >= 0.3 is 0 Å². The maximum Gasteiger partial charge on any atom is 0.297 e. The molecular formula is C60H61BN2O. The molecule has 64 heavy (non-hydrogen) atoms. The Bertz CT molecular complexity index is 3190. The number of fused-ring (bicyclic) bond motifs is 10. The molecule has 0 spiro atoms. The normalized spacial score (nSPS) is 20.3. The summed E-state index contributed by atoms with van der Waals surface area (Å²) in [5.41, 5.74) is 25.6. The van der Waals surface area contributed by atoms with Crippen LogP contribution >= 0.6 is 0 Å². The lowest BCUT2D eigenvalue weighted by atomic mass is 9.34. The fourth-order valence-corrected chi connectivity index (χ4v) is 12.8. The molecule has 12 rings (SSSR count). The Balaban J connectivity index is 1.24. The topological polar surface area (TPSA) is 19.6 Å². The molecule has 0 N–H and O–H groups in total. The van der Waals surface area contributed by atoms with Crippen molar-refractivity contribution in [1.29, 1.82) is 0 Å². The number of rotatable bonds is 3. The minimum atomic E-state index is -0.154. The Morgan fingerprint density at radius 3 is 1.97 bits per heavy atom. The average Bonchev–Trinajstić information content (AvgIpc) is 3.63. The van der Waals surface area contributed by atoms with Gasteiger partial charge < -0.3 is 14.2 Å². The average molecular weight is 837 g/mol. The van der Waals surface area contributed by atoms with Crippen molar-refractivity contribution in [3.63, 3.8) is 0 Å². The van der Waals surface area contributed by atoms with E-state index in [1.165, 1.54) is 96.6 Å². The third kappa shape index (κ3) is 5.23. The van der Waals surface area contributed by atoms with Gasteiger partial charge in [0.1, 0.15) is 5.58 Å².